The van der Waals surface area contributed by atoms with Gasteiger partial charge in [-0.25, -0.2) is 23.7 Å². The van der Waals surface area contributed by atoms with E-state index in [2.05, 4.69) is 58.3 Å². The Morgan fingerprint density at radius 3 is 2.47 bits per heavy atom. The van der Waals surface area contributed by atoms with Crippen LogP contribution in [-0.2, 0) is 11.8 Å². The van der Waals surface area contributed by atoms with Crippen LogP contribution in [0.15, 0.2) is 67.3 Å². The maximum atomic E-state index is 14.0. The third-order valence-electron chi connectivity index (χ3n) is 10.1. The maximum absolute atomic E-state index is 14.0. The average Bonchev–Trinajstić information content (AvgIpc) is 3.92. The number of carbonyl (C=O) groups is 1. The molecule has 6 heterocycles. The molecule has 2 fully saturated rings. The number of β-amino-alcohol motifs (C(OH)–C–C–N with tert-alkyl or cyclic N) is 1. The average molecular weight is 667 g/mol. The second-order valence-electron chi connectivity index (χ2n) is 13.2. The van der Waals surface area contributed by atoms with Crippen molar-refractivity contribution in [2.75, 3.05) is 44.2 Å². The zero-order valence-corrected chi connectivity index (χ0v) is 27.0. The van der Waals surface area contributed by atoms with Gasteiger partial charge in [-0.15, -0.1) is 0 Å². The van der Waals surface area contributed by atoms with Crippen molar-refractivity contribution in [3.8, 4) is 22.6 Å². The summed E-state index contributed by atoms with van der Waals surface area (Å²) in [6.45, 7) is 3.86. The van der Waals surface area contributed by atoms with Gasteiger partial charge < -0.3 is 10.0 Å². The number of fused-ring (bicyclic) bond motifs is 1. The number of nitrogens with zero attached hydrogens (tertiary/aromatic N) is 9. The molecule has 0 saturated carbocycles. The summed E-state index contributed by atoms with van der Waals surface area (Å²) in [5.74, 6) is 0.264. The molecule has 3 aromatic heterocycles. The van der Waals surface area contributed by atoms with E-state index in [9.17, 15) is 18.7 Å². The van der Waals surface area contributed by atoms with Crippen LogP contribution in [0.5, 0.6) is 0 Å². The van der Waals surface area contributed by atoms with Gasteiger partial charge in [0.1, 0.15) is 18.2 Å². The van der Waals surface area contributed by atoms with Crippen molar-refractivity contribution < 1.29 is 18.7 Å². The Morgan fingerprint density at radius 2 is 1.76 bits per heavy atom. The van der Waals surface area contributed by atoms with Crippen LogP contribution >= 0.6 is 0 Å². The molecule has 3 aliphatic heterocycles. The number of anilines is 1. The van der Waals surface area contributed by atoms with Crippen LogP contribution in [0.2, 0.25) is 0 Å². The monoisotopic (exact) mass is 666 g/mol. The molecule has 8 rings (SSSR count). The molecule has 12 nitrogen and oxygen atoms in total. The zero-order valence-electron chi connectivity index (χ0n) is 27.0. The van der Waals surface area contributed by atoms with E-state index >= 15 is 0 Å². The predicted molar refractivity (Wildman–Crippen MR) is 179 cm³/mol. The molecule has 2 atom stereocenters. The van der Waals surface area contributed by atoms with E-state index in [0.717, 1.165) is 54.5 Å². The normalized spacial score (nSPS) is 21.0. The molecule has 14 heteroatoms. The number of H-pyrrole nitrogens is 1. The van der Waals surface area contributed by atoms with Gasteiger partial charge in [0.05, 0.1) is 10.9 Å². The number of aliphatic hydroxyl groups excluding tert-OH is 1. The summed E-state index contributed by atoms with van der Waals surface area (Å²) < 4.78 is 27.6. The Morgan fingerprint density at radius 1 is 0.980 bits per heavy atom. The number of aromatic nitrogens is 7. The summed E-state index contributed by atoms with van der Waals surface area (Å²) in [5, 5.41) is 23.7. The number of hydrogen-bond donors (Lipinski definition) is 2. The molecule has 1 spiro atoms. The summed E-state index contributed by atoms with van der Waals surface area (Å²) in [6.07, 6.45) is 5.52. The van der Waals surface area contributed by atoms with Crippen molar-refractivity contribution in [2.24, 2.45) is 12.5 Å². The number of rotatable bonds is 8. The summed E-state index contributed by atoms with van der Waals surface area (Å²) in [5.41, 5.74) is 5.49. The standard InChI is InChI=1S/C35H36F2N10O2/c1-44-21-40-32(43-44)24-4-2-22(3-5-24)23-8-12-46(13-9-23)29(48)19-45-14-10-35(20-45)11-15-47(34(35)49)26-6-7-28-27(16-26)30(42-41-28)25-17-38-33(31(36)37)39-18-25/h2-8,16-18,21,29,31,48H,9-15,19-20H2,1H3,(H,41,42)/t29-,35-/m0/s1. The SMILES string of the molecule is Cn1cnc(-c2ccc(C3=CCN([C@@H](O)CN4CC[C@]5(CCN(c6ccc7[nH]nc(-c8cnc(C(F)F)nc8)c7c6)C5=O)C4)CC3)cc2)n1. The lowest BCUT2D eigenvalue weighted by molar-refractivity contribution is -0.125. The van der Waals surface area contributed by atoms with Crippen molar-refractivity contribution in [2.45, 2.75) is 31.9 Å². The summed E-state index contributed by atoms with van der Waals surface area (Å²) >= 11 is 0. The number of alkyl halides is 2. The zero-order chi connectivity index (χ0) is 33.7. The number of aliphatic hydroxyl groups is 1. The number of hydrogen-bond acceptors (Lipinski definition) is 9. The topological polar surface area (TPSA) is 132 Å². The van der Waals surface area contributed by atoms with E-state index < -0.39 is 23.9 Å². The minimum absolute atomic E-state index is 0.0916. The van der Waals surface area contributed by atoms with Gasteiger partial charge in [0.2, 0.25) is 5.91 Å². The Kier molecular flexibility index (Phi) is 8.01. The molecule has 0 unspecified atom stereocenters. The first kappa shape index (κ1) is 31.4. The first-order valence-electron chi connectivity index (χ1n) is 16.5. The molecule has 2 aromatic carbocycles. The fraction of sp³-hybridized carbons (Fsp3) is 0.371. The van der Waals surface area contributed by atoms with Crippen molar-refractivity contribution in [3.63, 3.8) is 0 Å². The van der Waals surface area contributed by atoms with Crippen LogP contribution in [0.4, 0.5) is 14.5 Å². The van der Waals surface area contributed by atoms with E-state index in [1.807, 2.05) is 42.3 Å². The molecule has 0 aliphatic carbocycles. The van der Waals surface area contributed by atoms with E-state index in [4.69, 9.17) is 0 Å². The smallest absolute Gasteiger partial charge is 0.297 e. The van der Waals surface area contributed by atoms with Crippen molar-refractivity contribution in [1.29, 1.82) is 0 Å². The summed E-state index contributed by atoms with van der Waals surface area (Å²) in [6, 6.07) is 14.0. The molecule has 3 aliphatic rings. The lowest BCUT2D eigenvalue weighted by Gasteiger charge is -2.33. The number of amides is 1. The van der Waals surface area contributed by atoms with Crippen LogP contribution < -0.4 is 4.90 Å². The van der Waals surface area contributed by atoms with Gasteiger partial charge in [0.15, 0.2) is 11.6 Å². The van der Waals surface area contributed by atoms with Gasteiger partial charge in [-0.2, -0.15) is 10.2 Å². The van der Waals surface area contributed by atoms with Crippen molar-refractivity contribution in [3.05, 3.63) is 78.6 Å². The van der Waals surface area contributed by atoms with E-state index in [1.165, 1.54) is 23.5 Å². The van der Waals surface area contributed by atoms with E-state index in [1.54, 1.807) is 11.0 Å². The number of carbonyl (C=O) groups excluding carboxylic acids is 1. The highest BCUT2D eigenvalue weighted by Gasteiger charge is 2.51. The first-order valence-corrected chi connectivity index (χ1v) is 16.5. The molecule has 0 radical (unpaired) electrons. The third kappa shape index (κ3) is 5.89. The maximum Gasteiger partial charge on any atom is 0.297 e. The quantitative estimate of drug-likeness (QED) is 0.249. The van der Waals surface area contributed by atoms with Crippen LogP contribution in [-0.4, -0.2) is 101 Å². The second-order valence-corrected chi connectivity index (χ2v) is 13.2. The number of likely N-dealkylation sites (tertiary alicyclic amines) is 1. The van der Waals surface area contributed by atoms with Gasteiger partial charge in [-0.3, -0.25) is 24.4 Å². The van der Waals surface area contributed by atoms with Crippen LogP contribution in [0, 0.1) is 5.41 Å². The minimum Gasteiger partial charge on any atom is -0.377 e. The fourth-order valence-corrected chi connectivity index (χ4v) is 7.39. The molecule has 5 aromatic rings. The first-order chi connectivity index (χ1) is 23.8. The minimum atomic E-state index is -2.75. The Hall–Kier alpha value is -4.92. The molecule has 252 valence electrons. The molecular weight excluding hydrogens is 630 g/mol. The van der Waals surface area contributed by atoms with Gasteiger partial charge in [-0.1, -0.05) is 30.3 Å². The third-order valence-corrected chi connectivity index (χ3v) is 10.1. The van der Waals surface area contributed by atoms with Gasteiger partial charge in [-0.05, 0) is 55.1 Å². The van der Waals surface area contributed by atoms with E-state index in [-0.39, 0.29) is 5.91 Å². The molecule has 2 saturated heterocycles. The number of nitrogens with one attached hydrogen (secondary N) is 1. The molecule has 0 bridgehead atoms. The van der Waals surface area contributed by atoms with E-state index in [0.29, 0.717) is 43.3 Å². The molecule has 2 N–H and O–H groups in total. The Bertz CT molecular complexity index is 2030. The fourth-order valence-electron chi connectivity index (χ4n) is 7.39. The van der Waals surface area contributed by atoms with Gasteiger partial charge >= 0.3 is 0 Å². The summed E-state index contributed by atoms with van der Waals surface area (Å²) in [4.78, 5) is 32.0. The van der Waals surface area contributed by atoms with Gasteiger partial charge in [0, 0.05) is 74.4 Å². The number of halogens is 2. The summed E-state index contributed by atoms with van der Waals surface area (Å²) in [7, 11) is 1.85. The Balaban J connectivity index is 0.891. The highest BCUT2D eigenvalue weighted by Crippen LogP contribution is 2.43. The number of aryl methyl sites for hydroxylation is 1. The van der Waals surface area contributed by atoms with Crippen molar-refractivity contribution in [1.82, 2.24) is 44.7 Å². The van der Waals surface area contributed by atoms with Crippen molar-refractivity contribution >= 4 is 28.1 Å². The highest BCUT2D eigenvalue weighted by molar-refractivity contribution is 6.03. The highest BCUT2D eigenvalue weighted by atomic mass is 19.3. The predicted octanol–water partition coefficient (Wildman–Crippen LogP) is 4.29. The number of aromatic amines is 1. The lowest BCUT2D eigenvalue weighted by Crippen LogP contribution is -2.46. The molecular formula is C35H36F2N10O2. The molecule has 49 heavy (non-hydrogen) atoms. The Labute approximate surface area is 281 Å². The number of benzene rings is 2. The second kappa shape index (κ2) is 12.5. The molecule has 1 amide bonds. The lowest BCUT2D eigenvalue weighted by atomic mass is 9.85. The van der Waals surface area contributed by atoms with Crippen LogP contribution in [0.25, 0.3) is 39.1 Å². The largest absolute Gasteiger partial charge is 0.377 e. The van der Waals surface area contributed by atoms with Gasteiger partial charge in [0.25, 0.3) is 6.43 Å². The van der Waals surface area contributed by atoms with Crippen LogP contribution in [0.1, 0.15) is 37.1 Å². The van der Waals surface area contributed by atoms with Crippen LogP contribution in [0.3, 0.4) is 0 Å².